The van der Waals surface area contributed by atoms with Crippen molar-refractivity contribution in [3.63, 3.8) is 0 Å². The average Bonchev–Trinajstić information content (AvgIpc) is 2.32. The Bertz CT molecular complexity index is 568. The molecule has 0 spiro atoms. The van der Waals surface area contributed by atoms with Gasteiger partial charge in [0.1, 0.15) is 11.6 Å². The molecular weight excluding hydrogens is 234 g/mol. The fourth-order valence-electron chi connectivity index (χ4n) is 1.74. The van der Waals surface area contributed by atoms with Crippen molar-refractivity contribution < 1.29 is 8.78 Å². The van der Waals surface area contributed by atoms with Gasteiger partial charge >= 0.3 is 0 Å². The first-order valence-electron chi connectivity index (χ1n) is 5.68. The first kappa shape index (κ1) is 12.5. The van der Waals surface area contributed by atoms with Gasteiger partial charge in [0.05, 0.1) is 11.4 Å². The summed E-state index contributed by atoms with van der Waals surface area (Å²) < 4.78 is 26.4. The van der Waals surface area contributed by atoms with E-state index >= 15 is 0 Å². The number of hydrogen-bond donors (Lipinski definition) is 1. The van der Waals surface area contributed by atoms with Crippen LogP contribution < -0.4 is 5.32 Å². The Morgan fingerprint density at radius 2 is 1.89 bits per heavy atom. The molecular formula is C14H14F2N2. The van der Waals surface area contributed by atoms with Gasteiger partial charge in [-0.2, -0.15) is 0 Å². The van der Waals surface area contributed by atoms with E-state index in [2.05, 4.69) is 10.3 Å². The van der Waals surface area contributed by atoms with Crippen LogP contribution >= 0.6 is 0 Å². The van der Waals surface area contributed by atoms with Gasteiger partial charge in [0.2, 0.25) is 0 Å². The summed E-state index contributed by atoms with van der Waals surface area (Å²) in [4.78, 5) is 4.30. The summed E-state index contributed by atoms with van der Waals surface area (Å²) in [6.45, 7) is 4.01. The molecule has 2 rings (SSSR count). The predicted molar refractivity (Wildman–Crippen MR) is 67.4 cm³/mol. The number of hydrogen-bond acceptors (Lipinski definition) is 2. The molecule has 2 nitrogen and oxygen atoms in total. The molecule has 0 saturated carbocycles. The highest BCUT2D eigenvalue weighted by Gasteiger charge is 2.05. The summed E-state index contributed by atoms with van der Waals surface area (Å²) in [6, 6.07) is 7.19. The molecule has 0 fully saturated rings. The maximum Gasteiger partial charge on any atom is 0.128 e. The summed E-state index contributed by atoms with van der Waals surface area (Å²) in [7, 11) is 0. The minimum Gasteiger partial charge on any atom is -0.379 e. The smallest absolute Gasteiger partial charge is 0.128 e. The molecule has 4 heteroatoms. The van der Waals surface area contributed by atoms with E-state index in [1.165, 1.54) is 6.07 Å². The van der Waals surface area contributed by atoms with Crippen molar-refractivity contribution in [2.24, 2.45) is 0 Å². The predicted octanol–water partition coefficient (Wildman–Crippen LogP) is 3.59. The zero-order chi connectivity index (χ0) is 13.1. The third-order valence-corrected chi connectivity index (χ3v) is 2.70. The Labute approximate surface area is 105 Å². The molecule has 0 bridgehead atoms. The van der Waals surface area contributed by atoms with Crippen LogP contribution in [-0.4, -0.2) is 4.98 Å². The number of rotatable bonds is 3. The SMILES string of the molecule is Cc1ccc(NCc2cc(F)ccc2F)c(C)n1. The Kier molecular flexibility index (Phi) is 3.55. The number of halogens is 2. The first-order chi connectivity index (χ1) is 8.56. The molecule has 0 aliphatic heterocycles. The molecule has 0 atom stereocenters. The van der Waals surface area contributed by atoms with Crippen molar-refractivity contribution in [2.75, 3.05) is 5.32 Å². The van der Waals surface area contributed by atoms with E-state index in [0.29, 0.717) is 5.56 Å². The maximum atomic E-state index is 13.4. The lowest BCUT2D eigenvalue weighted by atomic mass is 10.2. The molecule has 0 radical (unpaired) electrons. The second kappa shape index (κ2) is 5.12. The van der Waals surface area contributed by atoms with Gasteiger partial charge in [0.25, 0.3) is 0 Å². The monoisotopic (exact) mass is 248 g/mol. The number of aryl methyl sites for hydroxylation is 2. The quantitative estimate of drug-likeness (QED) is 0.897. The lowest BCUT2D eigenvalue weighted by Crippen LogP contribution is -2.04. The summed E-state index contributed by atoms with van der Waals surface area (Å²) in [5.41, 5.74) is 2.89. The molecule has 94 valence electrons. The number of nitrogens with zero attached hydrogens (tertiary/aromatic N) is 1. The Morgan fingerprint density at radius 1 is 1.11 bits per heavy atom. The molecule has 18 heavy (non-hydrogen) atoms. The zero-order valence-corrected chi connectivity index (χ0v) is 10.3. The van der Waals surface area contributed by atoms with Gasteiger partial charge in [-0.05, 0) is 44.2 Å². The lowest BCUT2D eigenvalue weighted by molar-refractivity contribution is 0.587. The van der Waals surface area contributed by atoms with Crippen molar-refractivity contribution in [3.05, 3.63) is 58.9 Å². The van der Waals surface area contributed by atoms with Gasteiger partial charge in [-0.3, -0.25) is 4.98 Å². The van der Waals surface area contributed by atoms with Gasteiger partial charge < -0.3 is 5.32 Å². The third kappa shape index (κ3) is 2.83. The molecule has 1 heterocycles. The molecule has 0 saturated heterocycles. The largest absolute Gasteiger partial charge is 0.379 e. The minimum absolute atomic E-state index is 0.231. The third-order valence-electron chi connectivity index (χ3n) is 2.70. The van der Waals surface area contributed by atoms with Crippen LogP contribution in [0.4, 0.5) is 14.5 Å². The van der Waals surface area contributed by atoms with E-state index in [1.807, 2.05) is 26.0 Å². The standard InChI is InChI=1S/C14H14F2N2/c1-9-3-6-14(10(2)18-9)17-8-11-7-12(15)4-5-13(11)16/h3-7,17H,8H2,1-2H3. The van der Waals surface area contributed by atoms with Crippen LogP contribution in [0.1, 0.15) is 17.0 Å². The summed E-state index contributed by atoms with van der Waals surface area (Å²) in [5.74, 6) is -0.853. The summed E-state index contributed by atoms with van der Waals surface area (Å²) in [6.07, 6.45) is 0. The minimum atomic E-state index is -0.438. The van der Waals surface area contributed by atoms with Crippen LogP contribution in [0.5, 0.6) is 0 Å². The fourth-order valence-corrected chi connectivity index (χ4v) is 1.74. The Hall–Kier alpha value is -1.97. The number of aromatic nitrogens is 1. The van der Waals surface area contributed by atoms with Crippen molar-refractivity contribution in [3.8, 4) is 0 Å². The van der Waals surface area contributed by atoms with Crippen LogP contribution in [0, 0.1) is 25.5 Å². The van der Waals surface area contributed by atoms with E-state index in [4.69, 9.17) is 0 Å². The highest BCUT2D eigenvalue weighted by atomic mass is 19.1. The van der Waals surface area contributed by atoms with E-state index in [9.17, 15) is 8.78 Å². The number of anilines is 1. The van der Waals surface area contributed by atoms with Crippen molar-refractivity contribution in [1.29, 1.82) is 0 Å². The fraction of sp³-hybridized carbons (Fsp3) is 0.214. The normalized spacial score (nSPS) is 10.4. The van der Waals surface area contributed by atoms with Crippen molar-refractivity contribution in [1.82, 2.24) is 4.98 Å². The summed E-state index contributed by atoms with van der Waals surface area (Å²) in [5, 5.41) is 3.06. The van der Waals surface area contributed by atoms with E-state index in [-0.39, 0.29) is 6.54 Å². The number of pyridine rings is 1. The molecule has 0 aliphatic carbocycles. The zero-order valence-electron chi connectivity index (χ0n) is 10.3. The van der Waals surface area contributed by atoms with Gasteiger partial charge in [0, 0.05) is 17.8 Å². The van der Waals surface area contributed by atoms with Crippen LogP contribution in [0.25, 0.3) is 0 Å². The molecule has 1 N–H and O–H groups in total. The molecule has 1 aromatic carbocycles. The summed E-state index contributed by atoms with van der Waals surface area (Å²) >= 11 is 0. The molecule has 2 aromatic rings. The highest BCUT2D eigenvalue weighted by molar-refractivity contribution is 5.48. The second-order valence-corrected chi connectivity index (χ2v) is 4.17. The first-order valence-corrected chi connectivity index (χ1v) is 5.68. The van der Waals surface area contributed by atoms with E-state index in [1.54, 1.807) is 0 Å². The van der Waals surface area contributed by atoms with E-state index < -0.39 is 11.6 Å². The molecule has 0 amide bonds. The van der Waals surface area contributed by atoms with Gasteiger partial charge in [-0.25, -0.2) is 8.78 Å². The van der Waals surface area contributed by atoms with Gasteiger partial charge in [-0.1, -0.05) is 0 Å². The molecule has 1 aromatic heterocycles. The molecule has 0 aliphatic rings. The van der Waals surface area contributed by atoms with E-state index in [0.717, 1.165) is 29.2 Å². The van der Waals surface area contributed by atoms with Crippen LogP contribution in [0.2, 0.25) is 0 Å². The average molecular weight is 248 g/mol. The van der Waals surface area contributed by atoms with Crippen molar-refractivity contribution >= 4 is 5.69 Å². The Morgan fingerprint density at radius 3 is 2.61 bits per heavy atom. The van der Waals surface area contributed by atoms with Gasteiger partial charge in [0.15, 0.2) is 0 Å². The number of benzene rings is 1. The lowest BCUT2D eigenvalue weighted by Gasteiger charge is -2.10. The van der Waals surface area contributed by atoms with Crippen molar-refractivity contribution in [2.45, 2.75) is 20.4 Å². The molecule has 0 unspecified atom stereocenters. The second-order valence-electron chi connectivity index (χ2n) is 4.17. The maximum absolute atomic E-state index is 13.4. The topological polar surface area (TPSA) is 24.9 Å². The van der Waals surface area contributed by atoms with Crippen LogP contribution in [0.15, 0.2) is 30.3 Å². The number of nitrogens with one attached hydrogen (secondary N) is 1. The highest BCUT2D eigenvalue weighted by Crippen LogP contribution is 2.16. The van der Waals surface area contributed by atoms with Crippen LogP contribution in [-0.2, 0) is 6.54 Å². The Balaban J connectivity index is 2.13. The van der Waals surface area contributed by atoms with Crippen LogP contribution in [0.3, 0.4) is 0 Å². The van der Waals surface area contributed by atoms with Gasteiger partial charge in [-0.15, -0.1) is 0 Å².